The molecule has 1 amide bonds. The number of nitrogens with zero attached hydrogens (tertiary/aromatic N) is 2. The Kier molecular flexibility index (Phi) is 5.62. The molecule has 4 rings (SSSR count). The lowest BCUT2D eigenvalue weighted by molar-refractivity contribution is 0.0954. The number of carbonyl (C=O) groups excluding carboxylic acids is 1. The predicted molar refractivity (Wildman–Crippen MR) is 114 cm³/mol. The largest absolute Gasteiger partial charge is 0.486 e. The van der Waals surface area contributed by atoms with Crippen molar-refractivity contribution in [2.75, 3.05) is 40.4 Å². The van der Waals surface area contributed by atoms with Gasteiger partial charge in [0.15, 0.2) is 11.5 Å². The van der Waals surface area contributed by atoms with E-state index in [1.54, 1.807) is 0 Å². The van der Waals surface area contributed by atoms with Crippen LogP contribution in [-0.2, 0) is 0 Å². The third kappa shape index (κ3) is 4.32. The second-order valence-corrected chi connectivity index (χ2v) is 7.34. The monoisotopic (exact) mass is 391 g/mol. The van der Waals surface area contributed by atoms with Gasteiger partial charge in [0, 0.05) is 17.5 Å². The summed E-state index contributed by atoms with van der Waals surface area (Å²) in [5, 5.41) is 3.88. The third-order valence-corrected chi connectivity index (χ3v) is 4.87. The molecular weight excluding hydrogens is 366 g/mol. The maximum Gasteiger partial charge on any atom is 0.252 e. The number of hydrogen-bond donors (Lipinski definition) is 1. The van der Waals surface area contributed by atoms with Crippen molar-refractivity contribution in [2.45, 2.75) is 6.42 Å². The maximum atomic E-state index is 12.9. The van der Waals surface area contributed by atoms with Crippen molar-refractivity contribution in [3.8, 4) is 22.8 Å². The second kappa shape index (κ2) is 8.49. The minimum Gasteiger partial charge on any atom is -0.486 e. The van der Waals surface area contributed by atoms with Gasteiger partial charge in [-0.15, -0.1) is 0 Å². The van der Waals surface area contributed by atoms with Crippen LogP contribution in [0.4, 0.5) is 0 Å². The molecule has 0 radical (unpaired) electrons. The van der Waals surface area contributed by atoms with Crippen LogP contribution in [0.5, 0.6) is 11.5 Å². The van der Waals surface area contributed by atoms with E-state index in [1.165, 1.54) is 0 Å². The summed E-state index contributed by atoms with van der Waals surface area (Å²) in [7, 11) is 4.05. The topological polar surface area (TPSA) is 63.7 Å². The number of amides is 1. The van der Waals surface area contributed by atoms with Crippen LogP contribution in [0.2, 0.25) is 0 Å². The van der Waals surface area contributed by atoms with Crippen molar-refractivity contribution >= 4 is 16.8 Å². The fraction of sp³-hybridized carbons (Fsp3) is 0.304. The van der Waals surface area contributed by atoms with Gasteiger partial charge in [-0.05, 0) is 57.4 Å². The van der Waals surface area contributed by atoms with Crippen molar-refractivity contribution < 1.29 is 14.3 Å². The molecule has 0 fully saturated rings. The Bertz CT molecular complexity index is 1030. The van der Waals surface area contributed by atoms with E-state index < -0.39 is 0 Å². The van der Waals surface area contributed by atoms with Gasteiger partial charge in [-0.2, -0.15) is 0 Å². The van der Waals surface area contributed by atoms with Crippen molar-refractivity contribution in [3.05, 3.63) is 54.1 Å². The molecule has 1 N–H and O–H groups in total. The number of pyridine rings is 1. The van der Waals surface area contributed by atoms with E-state index in [-0.39, 0.29) is 5.91 Å². The molecule has 3 aromatic rings. The number of ether oxygens (including phenoxy) is 2. The van der Waals surface area contributed by atoms with E-state index in [4.69, 9.17) is 14.5 Å². The molecule has 150 valence electrons. The lowest BCUT2D eigenvalue weighted by Crippen LogP contribution is -2.27. The second-order valence-electron chi connectivity index (χ2n) is 7.34. The van der Waals surface area contributed by atoms with Crippen LogP contribution in [0, 0.1) is 0 Å². The molecule has 1 aliphatic rings. The van der Waals surface area contributed by atoms with Crippen LogP contribution in [0.3, 0.4) is 0 Å². The zero-order valence-electron chi connectivity index (χ0n) is 16.8. The summed E-state index contributed by atoms with van der Waals surface area (Å²) in [4.78, 5) is 19.8. The van der Waals surface area contributed by atoms with E-state index in [1.807, 2.05) is 62.6 Å². The number of aromatic nitrogens is 1. The lowest BCUT2D eigenvalue weighted by Gasteiger charge is -2.19. The third-order valence-electron chi connectivity index (χ3n) is 4.87. The van der Waals surface area contributed by atoms with E-state index >= 15 is 0 Å². The first kappa shape index (κ1) is 19.2. The van der Waals surface area contributed by atoms with Crippen molar-refractivity contribution in [1.82, 2.24) is 15.2 Å². The summed E-state index contributed by atoms with van der Waals surface area (Å²) in [5.41, 5.74) is 3.05. The average Bonchev–Trinajstić information content (AvgIpc) is 2.75. The van der Waals surface area contributed by atoms with Gasteiger partial charge >= 0.3 is 0 Å². The average molecular weight is 391 g/mol. The van der Waals surface area contributed by atoms with Gasteiger partial charge in [-0.25, -0.2) is 4.98 Å². The van der Waals surface area contributed by atoms with Crippen molar-refractivity contribution in [2.24, 2.45) is 0 Å². The minimum absolute atomic E-state index is 0.0823. The first-order valence-corrected chi connectivity index (χ1v) is 9.84. The van der Waals surface area contributed by atoms with Crippen LogP contribution in [0.1, 0.15) is 16.8 Å². The van der Waals surface area contributed by atoms with Crippen LogP contribution in [-0.4, -0.2) is 56.2 Å². The van der Waals surface area contributed by atoms with Crippen LogP contribution >= 0.6 is 0 Å². The molecule has 6 nitrogen and oxygen atoms in total. The first-order chi connectivity index (χ1) is 14.1. The fourth-order valence-corrected chi connectivity index (χ4v) is 3.41. The molecule has 29 heavy (non-hydrogen) atoms. The van der Waals surface area contributed by atoms with E-state index in [9.17, 15) is 4.79 Å². The summed E-state index contributed by atoms with van der Waals surface area (Å²) < 4.78 is 11.3. The number of benzene rings is 2. The van der Waals surface area contributed by atoms with Crippen molar-refractivity contribution in [1.29, 1.82) is 0 Å². The Morgan fingerprint density at radius 3 is 2.69 bits per heavy atom. The maximum absolute atomic E-state index is 12.9. The number of fused-ring (bicyclic) bond motifs is 2. The zero-order chi connectivity index (χ0) is 20.2. The number of para-hydroxylation sites is 1. The molecule has 1 aromatic heterocycles. The Morgan fingerprint density at radius 1 is 1.07 bits per heavy atom. The normalized spacial score (nSPS) is 12.9. The Morgan fingerprint density at radius 2 is 1.86 bits per heavy atom. The molecular formula is C23H25N3O3. The first-order valence-electron chi connectivity index (χ1n) is 9.84. The molecule has 0 aliphatic carbocycles. The van der Waals surface area contributed by atoms with E-state index in [0.29, 0.717) is 31.1 Å². The molecule has 0 atom stereocenters. The highest BCUT2D eigenvalue weighted by Crippen LogP contribution is 2.35. The number of hydrogen-bond acceptors (Lipinski definition) is 5. The molecule has 0 unspecified atom stereocenters. The molecule has 0 saturated heterocycles. The Labute approximate surface area is 170 Å². The fourth-order valence-electron chi connectivity index (χ4n) is 3.41. The van der Waals surface area contributed by atoms with Gasteiger partial charge in [-0.3, -0.25) is 4.79 Å². The molecule has 0 saturated carbocycles. The summed E-state index contributed by atoms with van der Waals surface area (Å²) in [5.74, 6) is 1.36. The van der Waals surface area contributed by atoms with Gasteiger partial charge < -0.3 is 19.7 Å². The van der Waals surface area contributed by atoms with Gasteiger partial charge in [0.2, 0.25) is 0 Å². The molecule has 0 spiro atoms. The Balaban J connectivity index is 1.66. The molecule has 2 heterocycles. The number of nitrogens with one attached hydrogen (secondary N) is 1. The molecule has 6 heteroatoms. The molecule has 2 aromatic carbocycles. The highest BCUT2D eigenvalue weighted by Gasteiger charge is 2.16. The highest BCUT2D eigenvalue weighted by molar-refractivity contribution is 6.07. The summed E-state index contributed by atoms with van der Waals surface area (Å²) >= 11 is 0. The van der Waals surface area contributed by atoms with Crippen LogP contribution in [0.15, 0.2) is 48.5 Å². The van der Waals surface area contributed by atoms with Crippen molar-refractivity contribution in [3.63, 3.8) is 0 Å². The zero-order valence-corrected chi connectivity index (χ0v) is 16.8. The standard InChI is InChI=1S/C23H25N3O3/c1-26(2)11-5-10-24-23(27)18-15-20(25-19-7-4-3-6-17(18)19)16-8-9-21-22(14-16)29-13-12-28-21/h3-4,6-9,14-15H,5,10-13H2,1-2H3,(H,24,27). The SMILES string of the molecule is CN(C)CCCNC(=O)c1cc(-c2ccc3c(c2)OCCO3)nc2ccccc12. The van der Waals surface area contributed by atoms with Crippen LogP contribution < -0.4 is 14.8 Å². The number of carbonyl (C=O) groups is 1. The van der Waals surface area contributed by atoms with Gasteiger partial charge in [0.25, 0.3) is 5.91 Å². The summed E-state index contributed by atoms with van der Waals surface area (Å²) in [6.07, 6.45) is 0.900. The number of rotatable bonds is 6. The van der Waals surface area contributed by atoms with E-state index in [0.717, 1.165) is 40.9 Å². The quantitative estimate of drug-likeness (QED) is 0.653. The molecule has 0 bridgehead atoms. The van der Waals surface area contributed by atoms with Gasteiger partial charge in [-0.1, -0.05) is 18.2 Å². The summed E-state index contributed by atoms with van der Waals surface area (Å²) in [6, 6.07) is 15.3. The Hall–Kier alpha value is -3.12. The van der Waals surface area contributed by atoms with E-state index in [2.05, 4.69) is 10.2 Å². The highest BCUT2D eigenvalue weighted by atomic mass is 16.6. The predicted octanol–water partition coefficient (Wildman–Crippen LogP) is 3.35. The van der Waals surface area contributed by atoms with Gasteiger partial charge in [0.1, 0.15) is 13.2 Å². The minimum atomic E-state index is -0.0823. The summed E-state index contributed by atoms with van der Waals surface area (Å²) in [6.45, 7) is 2.65. The van der Waals surface area contributed by atoms with Gasteiger partial charge in [0.05, 0.1) is 16.8 Å². The van der Waals surface area contributed by atoms with Crippen LogP contribution in [0.25, 0.3) is 22.2 Å². The lowest BCUT2D eigenvalue weighted by atomic mass is 10.0. The molecule has 1 aliphatic heterocycles. The smallest absolute Gasteiger partial charge is 0.252 e.